The molecule has 1 aromatic rings. The smallest absolute Gasteiger partial charge is 0.343 e. The van der Waals surface area contributed by atoms with Crippen molar-refractivity contribution < 1.29 is 14.6 Å². The number of pyridine rings is 1. The predicted octanol–water partition coefficient (Wildman–Crippen LogP) is 0.566. The Morgan fingerprint density at radius 3 is 2.86 bits per heavy atom. The first-order valence-electron chi connectivity index (χ1n) is 4.16. The van der Waals surface area contributed by atoms with Gasteiger partial charge in [-0.3, -0.25) is 4.79 Å². The van der Waals surface area contributed by atoms with E-state index in [1.807, 2.05) is 0 Å². The summed E-state index contributed by atoms with van der Waals surface area (Å²) >= 11 is 0. The molecule has 5 heteroatoms. The van der Waals surface area contributed by atoms with Crippen LogP contribution >= 0.6 is 0 Å². The van der Waals surface area contributed by atoms with Crippen LogP contribution in [0.4, 0.5) is 0 Å². The van der Waals surface area contributed by atoms with Crippen LogP contribution in [0.1, 0.15) is 22.8 Å². The molecule has 0 spiro atoms. The molecule has 76 valence electrons. The summed E-state index contributed by atoms with van der Waals surface area (Å²) < 4.78 is 4.68. The van der Waals surface area contributed by atoms with Crippen LogP contribution in [0.15, 0.2) is 11.0 Å². The van der Waals surface area contributed by atoms with Gasteiger partial charge in [-0.15, -0.1) is 0 Å². The number of carbonyl (C=O) groups is 1. The molecule has 2 N–H and O–H groups in total. The summed E-state index contributed by atoms with van der Waals surface area (Å²) in [5.74, 6) is -0.975. The third-order valence-electron chi connectivity index (χ3n) is 1.79. The largest absolute Gasteiger partial charge is 0.507 e. The van der Waals surface area contributed by atoms with E-state index in [1.54, 1.807) is 6.92 Å². The van der Waals surface area contributed by atoms with E-state index >= 15 is 0 Å². The van der Waals surface area contributed by atoms with Crippen LogP contribution in [0.25, 0.3) is 0 Å². The number of esters is 1. The molecule has 1 aromatic heterocycles. The second-order valence-electron chi connectivity index (χ2n) is 2.73. The third kappa shape index (κ3) is 1.76. The molecule has 0 unspecified atom stereocenters. The molecule has 0 aromatic carbocycles. The first-order valence-corrected chi connectivity index (χ1v) is 4.16. The minimum atomic E-state index is -0.649. The maximum Gasteiger partial charge on any atom is 0.343 e. The summed E-state index contributed by atoms with van der Waals surface area (Å²) in [6.45, 7) is 3.31. The molecule has 1 heterocycles. The molecule has 0 atom stereocenters. The quantitative estimate of drug-likeness (QED) is 0.679. The first kappa shape index (κ1) is 10.3. The van der Waals surface area contributed by atoms with Gasteiger partial charge in [-0.1, -0.05) is 0 Å². The van der Waals surface area contributed by atoms with Gasteiger partial charge in [-0.2, -0.15) is 0 Å². The summed E-state index contributed by atoms with van der Waals surface area (Å²) in [4.78, 5) is 24.6. The highest BCUT2D eigenvalue weighted by Gasteiger charge is 2.15. The Morgan fingerprint density at radius 1 is 1.64 bits per heavy atom. The fourth-order valence-electron chi connectivity index (χ4n) is 0.988. The van der Waals surface area contributed by atoms with Gasteiger partial charge >= 0.3 is 5.97 Å². The minimum Gasteiger partial charge on any atom is -0.507 e. The van der Waals surface area contributed by atoms with Gasteiger partial charge in [0.25, 0.3) is 5.56 Å². The Labute approximate surface area is 80.3 Å². The van der Waals surface area contributed by atoms with Crippen molar-refractivity contribution >= 4 is 5.97 Å². The number of aromatic nitrogens is 1. The van der Waals surface area contributed by atoms with Crippen LogP contribution in [-0.2, 0) is 4.74 Å². The number of aromatic hydroxyl groups is 1. The Hall–Kier alpha value is -1.78. The number of hydrogen-bond acceptors (Lipinski definition) is 4. The van der Waals surface area contributed by atoms with Gasteiger partial charge in [0.05, 0.1) is 12.2 Å². The number of rotatable bonds is 2. The molecule has 0 bridgehead atoms. The van der Waals surface area contributed by atoms with Crippen molar-refractivity contribution in [2.45, 2.75) is 13.8 Å². The maximum atomic E-state index is 11.2. The van der Waals surface area contributed by atoms with E-state index in [0.29, 0.717) is 0 Å². The lowest BCUT2D eigenvalue weighted by molar-refractivity contribution is 0.0522. The SMILES string of the molecule is CCOC(=O)c1c[nH]c(=O)c(C)c1O. The molecule has 5 nitrogen and oxygen atoms in total. The van der Waals surface area contributed by atoms with E-state index in [0.717, 1.165) is 6.20 Å². The van der Waals surface area contributed by atoms with Crippen molar-refractivity contribution in [1.82, 2.24) is 4.98 Å². The van der Waals surface area contributed by atoms with Gasteiger partial charge in [0.1, 0.15) is 11.3 Å². The molecule has 1 rings (SSSR count). The topological polar surface area (TPSA) is 79.4 Å². The van der Waals surface area contributed by atoms with Crippen LogP contribution < -0.4 is 5.56 Å². The van der Waals surface area contributed by atoms with Crippen LogP contribution in [0.3, 0.4) is 0 Å². The summed E-state index contributed by atoms with van der Waals surface area (Å²) in [5, 5.41) is 9.45. The molecular weight excluding hydrogens is 186 g/mol. The summed E-state index contributed by atoms with van der Waals surface area (Å²) in [6.07, 6.45) is 1.14. The van der Waals surface area contributed by atoms with Crippen molar-refractivity contribution in [2.75, 3.05) is 6.61 Å². The Bertz CT molecular complexity index is 408. The highest BCUT2D eigenvalue weighted by atomic mass is 16.5. The van der Waals surface area contributed by atoms with E-state index < -0.39 is 11.5 Å². The predicted molar refractivity (Wildman–Crippen MR) is 49.4 cm³/mol. The van der Waals surface area contributed by atoms with Gasteiger partial charge in [0.15, 0.2) is 0 Å². The van der Waals surface area contributed by atoms with Gasteiger partial charge in [-0.25, -0.2) is 4.79 Å². The number of nitrogens with one attached hydrogen (secondary N) is 1. The summed E-state index contributed by atoms with van der Waals surface area (Å²) in [6, 6.07) is 0. The number of ether oxygens (including phenoxy) is 1. The average Bonchev–Trinajstić information content (AvgIpc) is 2.15. The minimum absolute atomic E-state index is 0.0241. The number of aromatic amines is 1. The fourth-order valence-corrected chi connectivity index (χ4v) is 0.988. The molecule has 0 aliphatic carbocycles. The van der Waals surface area contributed by atoms with Crippen LogP contribution in [0.5, 0.6) is 5.75 Å². The molecule has 0 fully saturated rings. The normalized spacial score (nSPS) is 9.86. The zero-order valence-corrected chi connectivity index (χ0v) is 7.96. The highest BCUT2D eigenvalue weighted by molar-refractivity contribution is 5.92. The second-order valence-corrected chi connectivity index (χ2v) is 2.73. The van der Waals surface area contributed by atoms with E-state index in [-0.39, 0.29) is 23.5 Å². The van der Waals surface area contributed by atoms with Crippen LogP contribution in [0.2, 0.25) is 0 Å². The van der Waals surface area contributed by atoms with Gasteiger partial charge < -0.3 is 14.8 Å². The molecule has 0 aliphatic heterocycles. The first-order chi connectivity index (χ1) is 6.57. The fraction of sp³-hybridized carbons (Fsp3) is 0.333. The molecule has 0 saturated heterocycles. The lowest BCUT2D eigenvalue weighted by Crippen LogP contribution is -2.14. The monoisotopic (exact) mass is 197 g/mol. The lowest BCUT2D eigenvalue weighted by atomic mass is 10.2. The number of H-pyrrole nitrogens is 1. The molecule has 0 aliphatic rings. The Balaban J connectivity index is 3.18. The van der Waals surface area contributed by atoms with Crippen molar-refractivity contribution in [3.63, 3.8) is 0 Å². The van der Waals surface area contributed by atoms with Crippen LogP contribution in [-0.4, -0.2) is 22.7 Å². The Kier molecular flexibility index (Phi) is 2.91. The van der Waals surface area contributed by atoms with Gasteiger partial charge in [0.2, 0.25) is 0 Å². The van der Waals surface area contributed by atoms with Gasteiger partial charge in [0, 0.05) is 6.20 Å². The second kappa shape index (κ2) is 3.95. The molecule has 0 amide bonds. The molecular formula is C9H11NO4. The standard InChI is InChI=1S/C9H11NO4/c1-3-14-9(13)6-4-10-8(12)5(2)7(6)11/h4H,3H2,1-2H3,(H2,10,11,12). The van der Waals surface area contributed by atoms with E-state index in [2.05, 4.69) is 9.72 Å². The summed E-state index contributed by atoms with van der Waals surface area (Å²) in [5.41, 5.74) is -0.338. The van der Waals surface area contributed by atoms with Crippen molar-refractivity contribution in [3.8, 4) is 5.75 Å². The van der Waals surface area contributed by atoms with Crippen molar-refractivity contribution in [3.05, 3.63) is 27.7 Å². The number of hydrogen-bond donors (Lipinski definition) is 2. The van der Waals surface area contributed by atoms with Crippen molar-refractivity contribution in [2.24, 2.45) is 0 Å². The maximum absolute atomic E-state index is 11.2. The zero-order chi connectivity index (χ0) is 10.7. The Morgan fingerprint density at radius 2 is 2.29 bits per heavy atom. The van der Waals surface area contributed by atoms with Gasteiger partial charge in [-0.05, 0) is 13.8 Å². The summed E-state index contributed by atoms with van der Waals surface area (Å²) in [7, 11) is 0. The van der Waals surface area contributed by atoms with E-state index in [1.165, 1.54) is 6.92 Å². The number of carbonyl (C=O) groups excluding carboxylic acids is 1. The average molecular weight is 197 g/mol. The zero-order valence-electron chi connectivity index (χ0n) is 7.96. The lowest BCUT2D eigenvalue weighted by Gasteiger charge is -2.04. The van der Waals surface area contributed by atoms with Crippen LogP contribution in [0, 0.1) is 6.92 Å². The molecule has 0 saturated carbocycles. The highest BCUT2D eigenvalue weighted by Crippen LogP contribution is 2.17. The molecule has 14 heavy (non-hydrogen) atoms. The molecule has 0 radical (unpaired) electrons. The van der Waals surface area contributed by atoms with Crippen molar-refractivity contribution in [1.29, 1.82) is 0 Å². The third-order valence-corrected chi connectivity index (χ3v) is 1.79. The van der Waals surface area contributed by atoms with E-state index in [9.17, 15) is 14.7 Å². The van der Waals surface area contributed by atoms with E-state index in [4.69, 9.17) is 0 Å².